The summed E-state index contributed by atoms with van der Waals surface area (Å²) in [4.78, 5) is 12.7. The van der Waals surface area contributed by atoms with E-state index in [1.807, 2.05) is 6.92 Å². The van der Waals surface area contributed by atoms with Crippen molar-refractivity contribution in [3.05, 3.63) is 0 Å². The highest BCUT2D eigenvalue weighted by atomic mass is 16.4. The number of hydrogen-bond donors (Lipinski definition) is 2. The molecule has 0 saturated carbocycles. The number of carboxylic acid groups (broad SMARTS) is 1. The molecule has 0 aliphatic heterocycles. The van der Waals surface area contributed by atoms with Gasteiger partial charge in [0.2, 0.25) is 0 Å². The molecule has 2 N–H and O–H groups in total. The summed E-state index contributed by atoms with van der Waals surface area (Å²) in [5.74, 6) is -0.717. The van der Waals surface area contributed by atoms with Gasteiger partial charge in [0.25, 0.3) is 0 Å². The first-order valence-corrected chi connectivity index (χ1v) is 6.12. The molecule has 0 bridgehead atoms. The van der Waals surface area contributed by atoms with Gasteiger partial charge in [0.05, 0.1) is 0 Å². The van der Waals surface area contributed by atoms with Crippen LogP contribution in [0.3, 0.4) is 0 Å². The zero-order valence-corrected chi connectivity index (χ0v) is 11.0. The SMILES string of the molecule is CCC(C)N(C)CCNC(C)CCC(=O)O. The summed E-state index contributed by atoms with van der Waals surface area (Å²) in [5, 5.41) is 11.9. The average Bonchev–Trinajstić information content (AvgIpc) is 2.24. The van der Waals surface area contributed by atoms with Crippen LogP contribution in [0.2, 0.25) is 0 Å². The van der Waals surface area contributed by atoms with Crippen molar-refractivity contribution in [3.8, 4) is 0 Å². The lowest BCUT2D eigenvalue weighted by atomic mass is 10.2. The van der Waals surface area contributed by atoms with E-state index in [-0.39, 0.29) is 12.5 Å². The predicted molar refractivity (Wildman–Crippen MR) is 66.7 cm³/mol. The van der Waals surface area contributed by atoms with E-state index in [4.69, 9.17) is 5.11 Å². The molecule has 0 fully saturated rings. The Labute approximate surface area is 99.0 Å². The first kappa shape index (κ1) is 15.4. The molecule has 16 heavy (non-hydrogen) atoms. The Hall–Kier alpha value is -0.610. The first-order chi connectivity index (χ1) is 7.47. The van der Waals surface area contributed by atoms with E-state index in [1.54, 1.807) is 0 Å². The zero-order valence-electron chi connectivity index (χ0n) is 11.0. The summed E-state index contributed by atoms with van der Waals surface area (Å²) < 4.78 is 0. The van der Waals surface area contributed by atoms with Crippen molar-refractivity contribution in [2.45, 2.75) is 52.1 Å². The molecular formula is C12H26N2O2. The van der Waals surface area contributed by atoms with E-state index in [0.29, 0.717) is 12.5 Å². The van der Waals surface area contributed by atoms with Crippen molar-refractivity contribution in [1.29, 1.82) is 0 Å². The van der Waals surface area contributed by atoms with E-state index < -0.39 is 5.97 Å². The second kappa shape index (κ2) is 8.53. The van der Waals surface area contributed by atoms with Crippen LogP contribution in [0, 0.1) is 0 Å². The van der Waals surface area contributed by atoms with E-state index in [0.717, 1.165) is 19.5 Å². The molecule has 0 aromatic heterocycles. The standard InChI is InChI=1S/C12H26N2O2/c1-5-11(3)14(4)9-8-13-10(2)6-7-12(15)16/h10-11,13H,5-9H2,1-4H3,(H,15,16). The van der Waals surface area contributed by atoms with Gasteiger partial charge >= 0.3 is 5.97 Å². The second-order valence-electron chi connectivity index (χ2n) is 4.53. The quantitative estimate of drug-likeness (QED) is 0.631. The minimum Gasteiger partial charge on any atom is -0.481 e. The lowest BCUT2D eigenvalue weighted by Crippen LogP contribution is -2.38. The third kappa shape index (κ3) is 7.65. The second-order valence-corrected chi connectivity index (χ2v) is 4.53. The maximum Gasteiger partial charge on any atom is 0.303 e. The Morgan fingerprint density at radius 2 is 2.06 bits per heavy atom. The number of nitrogens with zero attached hydrogens (tertiary/aromatic N) is 1. The van der Waals surface area contributed by atoms with Crippen molar-refractivity contribution in [2.24, 2.45) is 0 Å². The Kier molecular flexibility index (Phi) is 8.21. The predicted octanol–water partition coefficient (Wildman–Crippen LogP) is 1.56. The van der Waals surface area contributed by atoms with Crippen LogP contribution < -0.4 is 5.32 Å². The molecule has 2 unspecified atom stereocenters. The van der Waals surface area contributed by atoms with Gasteiger partial charge in [-0.2, -0.15) is 0 Å². The number of rotatable bonds is 9. The van der Waals surface area contributed by atoms with Crippen molar-refractivity contribution < 1.29 is 9.90 Å². The summed E-state index contributed by atoms with van der Waals surface area (Å²) in [6, 6.07) is 0.887. The van der Waals surface area contributed by atoms with Gasteiger partial charge in [-0.05, 0) is 33.7 Å². The fourth-order valence-electron chi connectivity index (χ4n) is 1.46. The minimum absolute atomic E-state index is 0.245. The maximum absolute atomic E-state index is 10.4. The highest BCUT2D eigenvalue weighted by Crippen LogP contribution is 1.99. The molecule has 0 amide bonds. The smallest absolute Gasteiger partial charge is 0.303 e. The molecule has 4 heteroatoms. The molecule has 0 aromatic rings. The molecule has 4 nitrogen and oxygen atoms in total. The van der Waals surface area contributed by atoms with E-state index >= 15 is 0 Å². The number of hydrogen-bond acceptors (Lipinski definition) is 3. The van der Waals surface area contributed by atoms with Gasteiger partial charge in [-0.1, -0.05) is 6.92 Å². The van der Waals surface area contributed by atoms with Gasteiger partial charge in [0.1, 0.15) is 0 Å². The molecular weight excluding hydrogens is 204 g/mol. The van der Waals surface area contributed by atoms with Gasteiger partial charge in [-0.15, -0.1) is 0 Å². The Balaban J connectivity index is 3.53. The first-order valence-electron chi connectivity index (χ1n) is 6.12. The Bertz CT molecular complexity index is 197. The van der Waals surface area contributed by atoms with Crippen LogP contribution in [0.15, 0.2) is 0 Å². The molecule has 0 saturated heterocycles. The van der Waals surface area contributed by atoms with Crippen molar-refractivity contribution in [2.75, 3.05) is 20.1 Å². The van der Waals surface area contributed by atoms with Crippen LogP contribution in [-0.2, 0) is 4.79 Å². The fraction of sp³-hybridized carbons (Fsp3) is 0.917. The fourth-order valence-corrected chi connectivity index (χ4v) is 1.46. The molecule has 96 valence electrons. The normalized spacial score (nSPS) is 15.1. The Morgan fingerprint density at radius 1 is 1.44 bits per heavy atom. The summed E-state index contributed by atoms with van der Waals surface area (Å²) in [6.45, 7) is 8.36. The van der Waals surface area contributed by atoms with Gasteiger partial charge in [-0.25, -0.2) is 0 Å². The number of aliphatic carboxylic acids is 1. The molecule has 0 heterocycles. The Morgan fingerprint density at radius 3 is 2.56 bits per heavy atom. The third-order valence-corrected chi connectivity index (χ3v) is 3.09. The maximum atomic E-state index is 10.4. The van der Waals surface area contributed by atoms with Gasteiger partial charge in [0, 0.05) is 31.6 Å². The summed E-state index contributed by atoms with van der Waals surface area (Å²) in [7, 11) is 2.12. The minimum atomic E-state index is -0.717. The topological polar surface area (TPSA) is 52.6 Å². The van der Waals surface area contributed by atoms with Crippen LogP contribution in [0.1, 0.15) is 40.0 Å². The summed E-state index contributed by atoms with van der Waals surface area (Å²) >= 11 is 0. The molecule has 0 spiro atoms. The van der Waals surface area contributed by atoms with E-state index in [9.17, 15) is 4.79 Å². The molecule has 0 aliphatic carbocycles. The highest BCUT2D eigenvalue weighted by molar-refractivity contribution is 5.66. The molecule has 0 radical (unpaired) electrons. The van der Waals surface area contributed by atoms with Crippen LogP contribution in [-0.4, -0.2) is 48.2 Å². The molecule has 0 rings (SSSR count). The van der Waals surface area contributed by atoms with Crippen LogP contribution in [0.25, 0.3) is 0 Å². The summed E-state index contributed by atoms with van der Waals surface area (Å²) in [5.41, 5.74) is 0. The van der Waals surface area contributed by atoms with Crippen molar-refractivity contribution in [1.82, 2.24) is 10.2 Å². The van der Waals surface area contributed by atoms with Crippen molar-refractivity contribution >= 4 is 5.97 Å². The molecule has 0 aliphatic rings. The van der Waals surface area contributed by atoms with Gasteiger partial charge < -0.3 is 15.3 Å². The number of nitrogens with one attached hydrogen (secondary N) is 1. The lowest BCUT2D eigenvalue weighted by Gasteiger charge is -2.24. The largest absolute Gasteiger partial charge is 0.481 e. The van der Waals surface area contributed by atoms with Crippen molar-refractivity contribution in [3.63, 3.8) is 0 Å². The monoisotopic (exact) mass is 230 g/mol. The number of carbonyl (C=O) groups is 1. The van der Waals surface area contributed by atoms with Crippen LogP contribution in [0.5, 0.6) is 0 Å². The van der Waals surface area contributed by atoms with Crippen LogP contribution in [0.4, 0.5) is 0 Å². The lowest BCUT2D eigenvalue weighted by molar-refractivity contribution is -0.137. The van der Waals surface area contributed by atoms with Gasteiger partial charge in [-0.3, -0.25) is 4.79 Å². The van der Waals surface area contributed by atoms with E-state index in [1.165, 1.54) is 0 Å². The number of likely N-dealkylation sites (N-methyl/N-ethyl adjacent to an activating group) is 1. The highest BCUT2D eigenvalue weighted by Gasteiger charge is 2.07. The molecule has 0 aromatic carbocycles. The number of carboxylic acids is 1. The summed E-state index contributed by atoms with van der Waals surface area (Å²) in [6.07, 6.45) is 2.10. The van der Waals surface area contributed by atoms with E-state index in [2.05, 4.69) is 31.1 Å². The third-order valence-electron chi connectivity index (χ3n) is 3.09. The van der Waals surface area contributed by atoms with Crippen LogP contribution >= 0.6 is 0 Å². The van der Waals surface area contributed by atoms with Gasteiger partial charge in [0.15, 0.2) is 0 Å². The average molecular weight is 230 g/mol. The molecule has 2 atom stereocenters. The zero-order chi connectivity index (χ0) is 12.6.